The fourth-order valence-corrected chi connectivity index (χ4v) is 4.47. The van der Waals surface area contributed by atoms with Crippen LogP contribution in [0.1, 0.15) is 19.6 Å². The number of carbonyl (C=O) groups excluding carboxylic acids is 1. The van der Waals surface area contributed by atoms with Gasteiger partial charge in [0, 0.05) is 16.7 Å². The Labute approximate surface area is 191 Å². The van der Waals surface area contributed by atoms with Gasteiger partial charge >= 0.3 is 5.97 Å². The van der Waals surface area contributed by atoms with Crippen LogP contribution in [-0.4, -0.2) is 32.7 Å². The summed E-state index contributed by atoms with van der Waals surface area (Å²) in [7, 11) is -2.39. The lowest BCUT2D eigenvalue weighted by Gasteiger charge is -2.20. The normalized spacial score (nSPS) is 12.5. The van der Waals surface area contributed by atoms with Gasteiger partial charge in [-0.1, -0.05) is 36.7 Å². The predicted octanol–water partition coefficient (Wildman–Crippen LogP) is 4.05. The number of nitrogens with zero attached hydrogens (tertiary/aromatic N) is 1. The van der Waals surface area contributed by atoms with E-state index in [1.807, 2.05) is 12.1 Å². The zero-order valence-corrected chi connectivity index (χ0v) is 19.3. The third kappa shape index (κ3) is 5.87. The van der Waals surface area contributed by atoms with Crippen LogP contribution in [-0.2, 0) is 26.2 Å². The molecule has 0 saturated carbocycles. The monoisotopic (exact) mass is 478 g/mol. The summed E-state index contributed by atoms with van der Waals surface area (Å²) in [6.07, 6.45) is 0. The zero-order valence-electron chi connectivity index (χ0n) is 17.7. The number of halogens is 1. The molecule has 2 aromatic carbocycles. The molecule has 3 rings (SSSR count). The molecule has 0 aliphatic carbocycles. The summed E-state index contributed by atoms with van der Waals surface area (Å²) < 4.78 is 43.4. The summed E-state index contributed by atoms with van der Waals surface area (Å²) >= 11 is 5.89. The molecule has 1 atom stereocenters. The molecule has 0 amide bonds. The highest BCUT2D eigenvalue weighted by atomic mass is 35.5. The van der Waals surface area contributed by atoms with Crippen molar-refractivity contribution in [1.82, 2.24) is 9.88 Å². The molecule has 1 unspecified atom stereocenters. The molecular formula is C22H23ClN2O6S. The van der Waals surface area contributed by atoms with Crippen LogP contribution >= 0.6 is 11.6 Å². The molecule has 8 nitrogen and oxygen atoms in total. The van der Waals surface area contributed by atoms with Crippen LogP contribution in [0, 0.1) is 5.92 Å². The molecule has 3 aromatic rings. The molecule has 0 radical (unpaired) electrons. The van der Waals surface area contributed by atoms with E-state index in [2.05, 4.69) is 9.88 Å². The van der Waals surface area contributed by atoms with E-state index in [-0.39, 0.29) is 22.4 Å². The standard InChI is InChI=1S/C22H23ClN2O6S/c1-14(2)21(25-32(27,28)19-6-4-5-16(23)11-19)22(26)30-13-18-12-20(24-31-18)15-7-9-17(29-3)10-8-15/h4-12,14,21,25H,13H2,1-3H3. The SMILES string of the molecule is COc1ccc(-c2cc(COC(=O)C(NS(=O)(=O)c3cccc(Cl)c3)C(C)C)on2)cc1. The maximum Gasteiger partial charge on any atom is 0.324 e. The van der Waals surface area contributed by atoms with Gasteiger partial charge in [-0.2, -0.15) is 4.72 Å². The van der Waals surface area contributed by atoms with Crippen molar-refractivity contribution >= 4 is 27.6 Å². The van der Waals surface area contributed by atoms with Gasteiger partial charge in [-0.15, -0.1) is 0 Å². The molecule has 1 aromatic heterocycles. The first-order valence-corrected chi connectivity index (χ1v) is 11.6. The van der Waals surface area contributed by atoms with E-state index in [0.29, 0.717) is 17.2 Å². The van der Waals surface area contributed by atoms with E-state index in [9.17, 15) is 13.2 Å². The van der Waals surface area contributed by atoms with Crippen molar-refractivity contribution in [2.75, 3.05) is 7.11 Å². The van der Waals surface area contributed by atoms with Crippen LogP contribution in [0.5, 0.6) is 5.75 Å². The lowest BCUT2D eigenvalue weighted by atomic mass is 10.1. The molecular weight excluding hydrogens is 456 g/mol. The number of ether oxygens (including phenoxy) is 2. The minimum absolute atomic E-state index is 0.0391. The topological polar surface area (TPSA) is 108 Å². The maximum atomic E-state index is 12.7. The van der Waals surface area contributed by atoms with Crippen molar-refractivity contribution in [1.29, 1.82) is 0 Å². The molecule has 0 fully saturated rings. The van der Waals surface area contributed by atoms with E-state index >= 15 is 0 Å². The smallest absolute Gasteiger partial charge is 0.324 e. The Morgan fingerprint density at radius 1 is 1.16 bits per heavy atom. The summed E-state index contributed by atoms with van der Waals surface area (Å²) in [6.45, 7) is 3.23. The molecule has 0 aliphatic rings. The average molecular weight is 479 g/mol. The third-order valence-electron chi connectivity index (χ3n) is 4.61. The number of hydrogen-bond donors (Lipinski definition) is 1. The molecule has 170 valence electrons. The first kappa shape index (κ1) is 23.8. The molecule has 1 N–H and O–H groups in total. The maximum absolute atomic E-state index is 12.7. The predicted molar refractivity (Wildman–Crippen MR) is 119 cm³/mol. The van der Waals surface area contributed by atoms with Gasteiger partial charge in [-0.3, -0.25) is 4.79 Å². The lowest BCUT2D eigenvalue weighted by molar-refractivity contribution is -0.148. The highest BCUT2D eigenvalue weighted by molar-refractivity contribution is 7.89. The van der Waals surface area contributed by atoms with Crippen LogP contribution in [0.4, 0.5) is 0 Å². The second-order valence-electron chi connectivity index (χ2n) is 7.32. The van der Waals surface area contributed by atoms with Gasteiger partial charge in [0.25, 0.3) is 0 Å². The first-order chi connectivity index (χ1) is 15.2. The fourth-order valence-electron chi connectivity index (χ4n) is 2.84. The number of carbonyl (C=O) groups is 1. The minimum Gasteiger partial charge on any atom is -0.497 e. The van der Waals surface area contributed by atoms with Crippen LogP contribution in [0.15, 0.2) is 64.0 Å². The quantitative estimate of drug-likeness (QED) is 0.462. The van der Waals surface area contributed by atoms with Gasteiger partial charge in [0.1, 0.15) is 17.5 Å². The molecule has 0 saturated heterocycles. The highest BCUT2D eigenvalue weighted by Crippen LogP contribution is 2.23. The van der Waals surface area contributed by atoms with Crippen molar-refractivity contribution in [2.45, 2.75) is 31.4 Å². The van der Waals surface area contributed by atoms with Crippen molar-refractivity contribution in [3.63, 3.8) is 0 Å². The third-order valence-corrected chi connectivity index (χ3v) is 6.28. The highest BCUT2D eigenvalue weighted by Gasteiger charge is 2.30. The summed E-state index contributed by atoms with van der Waals surface area (Å²) in [5.74, 6) is -0.0511. The van der Waals surface area contributed by atoms with E-state index in [0.717, 1.165) is 5.56 Å². The average Bonchev–Trinajstić information content (AvgIpc) is 3.25. The van der Waals surface area contributed by atoms with Gasteiger partial charge < -0.3 is 14.0 Å². The number of aromatic nitrogens is 1. The summed E-state index contributed by atoms with van der Waals surface area (Å²) in [4.78, 5) is 12.6. The fraction of sp³-hybridized carbons (Fsp3) is 0.273. The van der Waals surface area contributed by atoms with Crippen molar-refractivity contribution < 1.29 is 27.2 Å². The van der Waals surface area contributed by atoms with Crippen LogP contribution < -0.4 is 9.46 Å². The van der Waals surface area contributed by atoms with Crippen molar-refractivity contribution in [2.24, 2.45) is 5.92 Å². The van der Waals surface area contributed by atoms with Gasteiger partial charge in [0.05, 0.1) is 12.0 Å². The van der Waals surface area contributed by atoms with E-state index in [1.54, 1.807) is 45.2 Å². The molecule has 0 spiro atoms. The summed E-state index contributed by atoms with van der Waals surface area (Å²) in [5, 5.41) is 4.25. The minimum atomic E-state index is -3.97. The Morgan fingerprint density at radius 2 is 1.88 bits per heavy atom. The summed E-state index contributed by atoms with van der Waals surface area (Å²) in [5.41, 5.74) is 1.38. The largest absolute Gasteiger partial charge is 0.497 e. The number of hydrogen-bond acceptors (Lipinski definition) is 7. The second kappa shape index (κ2) is 10.2. The number of benzene rings is 2. The van der Waals surface area contributed by atoms with Gasteiger partial charge in [-0.25, -0.2) is 8.42 Å². The molecule has 0 aliphatic heterocycles. The number of esters is 1. The van der Waals surface area contributed by atoms with Gasteiger partial charge in [-0.05, 0) is 48.4 Å². The van der Waals surface area contributed by atoms with Crippen LogP contribution in [0.2, 0.25) is 5.02 Å². The number of rotatable bonds is 9. The van der Waals surface area contributed by atoms with Crippen LogP contribution in [0.25, 0.3) is 11.3 Å². The van der Waals surface area contributed by atoms with Gasteiger partial charge in [0.2, 0.25) is 10.0 Å². The van der Waals surface area contributed by atoms with Crippen molar-refractivity contribution in [3.05, 3.63) is 65.4 Å². The lowest BCUT2D eigenvalue weighted by Crippen LogP contribution is -2.45. The first-order valence-electron chi connectivity index (χ1n) is 9.74. The summed E-state index contributed by atoms with van der Waals surface area (Å²) in [6, 6.07) is 13.6. The Balaban J connectivity index is 1.66. The second-order valence-corrected chi connectivity index (χ2v) is 9.47. The molecule has 1 heterocycles. The molecule has 0 bridgehead atoms. The number of sulfonamides is 1. The van der Waals surface area contributed by atoms with E-state index in [4.69, 9.17) is 25.6 Å². The molecule has 10 heteroatoms. The van der Waals surface area contributed by atoms with E-state index < -0.39 is 22.0 Å². The zero-order chi connectivity index (χ0) is 23.3. The van der Waals surface area contributed by atoms with Crippen molar-refractivity contribution in [3.8, 4) is 17.0 Å². The Kier molecular flexibility index (Phi) is 7.55. The number of nitrogens with one attached hydrogen (secondary N) is 1. The molecule has 32 heavy (non-hydrogen) atoms. The Morgan fingerprint density at radius 3 is 2.50 bits per heavy atom. The Bertz CT molecular complexity index is 1180. The number of methoxy groups -OCH3 is 1. The van der Waals surface area contributed by atoms with Gasteiger partial charge in [0.15, 0.2) is 12.4 Å². The van der Waals surface area contributed by atoms with E-state index in [1.165, 1.54) is 18.2 Å². The van der Waals surface area contributed by atoms with Crippen LogP contribution in [0.3, 0.4) is 0 Å². The Hall–Kier alpha value is -2.88.